The highest BCUT2D eigenvalue weighted by Gasteiger charge is 2.39. The number of nitrogens with one attached hydrogen (secondary N) is 1. The van der Waals surface area contributed by atoms with Gasteiger partial charge in [-0.05, 0) is 55.0 Å². The van der Waals surface area contributed by atoms with Gasteiger partial charge < -0.3 is 10.1 Å². The number of para-hydroxylation sites is 1. The second kappa shape index (κ2) is 9.40. The zero-order valence-electron chi connectivity index (χ0n) is 17.3. The minimum Gasteiger partial charge on any atom is -0.381 e. The number of hydrogen-bond acceptors (Lipinski definition) is 3. The van der Waals surface area contributed by atoms with Crippen LogP contribution in [0.3, 0.4) is 0 Å². The lowest BCUT2D eigenvalue weighted by Crippen LogP contribution is -2.34. The first-order valence-corrected chi connectivity index (χ1v) is 10.7. The summed E-state index contributed by atoms with van der Waals surface area (Å²) in [6.45, 7) is 2.73. The van der Waals surface area contributed by atoms with Crippen LogP contribution in [0.4, 0.5) is 18.9 Å². The van der Waals surface area contributed by atoms with E-state index in [4.69, 9.17) is 4.74 Å². The fraction of sp³-hybridized carbons (Fsp3) is 0.458. The van der Waals surface area contributed by atoms with Gasteiger partial charge >= 0.3 is 6.18 Å². The number of nitrogens with zero attached hydrogens (tertiary/aromatic N) is 1. The predicted molar refractivity (Wildman–Crippen MR) is 112 cm³/mol. The van der Waals surface area contributed by atoms with E-state index in [0.717, 1.165) is 31.1 Å². The van der Waals surface area contributed by atoms with Crippen molar-refractivity contribution in [1.82, 2.24) is 4.90 Å². The van der Waals surface area contributed by atoms with E-state index < -0.39 is 11.7 Å². The third-order valence-corrected chi connectivity index (χ3v) is 6.25. The molecule has 166 valence electrons. The second-order valence-corrected chi connectivity index (χ2v) is 8.44. The van der Waals surface area contributed by atoms with Crippen LogP contribution in [0.2, 0.25) is 0 Å². The van der Waals surface area contributed by atoms with E-state index in [-0.39, 0.29) is 17.9 Å². The quantitative estimate of drug-likeness (QED) is 0.712. The number of halogens is 3. The molecule has 0 radical (unpaired) electrons. The summed E-state index contributed by atoms with van der Waals surface area (Å²) >= 11 is 0. The molecular formula is C24H27F3N2O2. The topological polar surface area (TPSA) is 41.6 Å². The SMILES string of the molecule is O=C(Nc1ccccc1)[C@@H]1C[C@@H](c2cccc(C(F)(F)F)c2)N(CC2CCOCC2)C1. The van der Waals surface area contributed by atoms with Crippen LogP contribution in [0.1, 0.15) is 36.4 Å². The smallest absolute Gasteiger partial charge is 0.381 e. The summed E-state index contributed by atoms with van der Waals surface area (Å²) in [4.78, 5) is 15.1. The van der Waals surface area contributed by atoms with Gasteiger partial charge in [0, 0.05) is 38.0 Å². The molecule has 2 aliphatic rings. The average molecular weight is 432 g/mol. The maximum absolute atomic E-state index is 13.3. The van der Waals surface area contributed by atoms with Crippen molar-refractivity contribution < 1.29 is 22.7 Å². The van der Waals surface area contributed by atoms with Crippen molar-refractivity contribution in [3.05, 3.63) is 65.7 Å². The van der Waals surface area contributed by atoms with Gasteiger partial charge in [0.25, 0.3) is 0 Å². The molecule has 1 N–H and O–H groups in total. The Balaban J connectivity index is 1.54. The Kier molecular flexibility index (Phi) is 6.62. The number of rotatable bonds is 5. The molecule has 2 saturated heterocycles. The first kappa shape index (κ1) is 21.8. The van der Waals surface area contributed by atoms with Gasteiger partial charge in [-0.3, -0.25) is 9.69 Å². The lowest BCUT2D eigenvalue weighted by molar-refractivity contribution is -0.137. The summed E-state index contributed by atoms with van der Waals surface area (Å²) < 4.78 is 45.3. The van der Waals surface area contributed by atoms with Gasteiger partial charge in [-0.2, -0.15) is 13.2 Å². The van der Waals surface area contributed by atoms with Gasteiger partial charge in [0.1, 0.15) is 0 Å². The lowest BCUT2D eigenvalue weighted by atomic mass is 9.96. The van der Waals surface area contributed by atoms with Gasteiger partial charge in [0.2, 0.25) is 5.91 Å². The average Bonchev–Trinajstić information content (AvgIpc) is 3.19. The van der Waals surface area contributed by atoms with E-state index in [1.54, 1.807) is 6.07 Å². The van der Waals surface area contributed by atoms with E-state index in [2.05, 4.69) is 10.2 Å². The van der Waals surface area contributed by atoms with Crippen LogP contribution >= 0.6 is 0 Å². The molecule has 2 aromatic rings. The molecule has 0 unspecified atom stereocenters. The van der Waals surface area contributed by atoms with Crippen molar-refractivity contribution in [1.29, 1.82) is 0 Å². The summed E-state index contributed by atoms with van der Waals surface area (Å²) in [5.74, 6) is 0.0650. The van der Waals surface area contributed by atoms with Crippen LogP contribution in [-0.2, 0) is 15.7 Å². The number of carbonyl (C=O) groups is 1. The monoisotopic (exact) mass is 432 g/mol. The molecular weight excluding hydrogens is 405 g/mol. The molecule has 2 aromatic carbocycles. The zero-order valence-corrected chi connectivity index (χ0v) is 17.3. The lowest BCUT2D eigenvalue weighted by Gasteiger charge is -2.31. The van der Waals surface area contributed by atoms with Gasteiger partial charge in [0.15, 0.2) is 0 Å². The fourth-order valence-electron chi connectivity index (χ4n) is 4.59. The molecule has 1 amide bonds. The third-order valence-electron chi connectivity index (χ3n) is 6.25. The fourth-order valence-corrected chi connectivity index (χ4v) is 4.59. The minimum atomic E-state index is -4.38. The summed E-state index contributed by atoms with van der Waals surface area (Å²) in [6.07, 6.45) is -2.01. The van der Waals surface area contributed by atoms with Crippen LogP contribution in [0, 0.1) is 11.8 Å². The molecule has 0 aliphatic carbocycles. The number of benzene rings is 2. The number of likely N-dealkylation sites (tertiary alicyclic amines) is 1. The Labute approximate surface area is 180 Å². The molecule has 0 saturated carbocycles. The highest BCUT2D eigenvalue weighted by Crippen LogP contribution is 2.39. The van der Waals surface area contributed by atoms with Crippen molar-refractivity contribution >= 4 is 11.6 Å². The van der Waals surface area contributed by atoms with E-state index in [1.807, 2.05) is 30.3 Å². The number of carbonyl (C=O) groups excluding carboxylic acids is 1. The molecule has 31 heavy (non-hydrogen) atoms. The van der Waals surface area contributed by atoms with Crippen LogP contribution < -0.4 is 5.32 Å². The number of ether oxygens (including phenoxy) is 1. The highest BCUT2D eigenvalue weighted by molar-refractivity contribution is 5.92. The van der Waals surface area contributed by atoms with Crippen LogP contribution in [0.25, 0.3) is 0 Å². The van der Waals surface area contributed by atoms with E-state index >= 15 is 0 Å². The maximum atomic E-state index is 13.3. The summed E-state index contributed by atoms with van der Waals surface area (Å²) in [5.41, 5.74) is 0.705. The number of alkyl halides is 3. The van der Waals surface area contributed by atoms with Gasteiger partial charge in [-0.25, -0.2) is 0 Å². The molecule has 2 heterocycles. The molecule has 4 rings (SSSR count). The van der Waals surface area contributed by atoms with Crippen molar-refractivity contribution in [2.75, 3.05) is 31.6 Å². The van der Waals surface area contributed by atoms with Crippen molar-refractivity contribution in [2.45, 2.75) is 31.5 Å². The molecule has 0 spiro atoms. The van der Waals surface area contributed by atoms with E-state index in [1.165, 1.54) is 12.1 Å². The van der Waals surface area contributed by atoms with Gasteiger partial charge in [0.05, 0.1) is 11.5 Å². The highest BCUT2D eigenvalue weighted by atomic mass is 19.4. The normalized spacial score (nSPS) is 23.1. The Morgan fingerprint density at radius 3 is 2.52 bits per heavy atom. The van der Waals surface area contributed by atoms with Crippen LogP contribution in [0.15, 0.2) is 54.6 Å². The summed E-state index contributed by atoms with van der Waals surface area (Å²) in [6, 6.07) is 14.6. The molecule has 2 aliphatic heterocycles. The third kappa shape index (κ3) is 5.46. The standard InChI is InChI=1S/C24H27F3N2O2/c25-24(26,27)20-6-4-5-18(13-20)22-14-19(23(30)28-21-7-2-1-3-8-21)16-29(22)15-17-9-11-31-12-10-17/h1-8,13,17,19,22H,9-12,14-16H2,(H,28,30)/t19-,22+/m1/s1. The van der Waals surface area contributed by atoms with Crippen LogP contribution in [0.5, 0.6) is 0 Å². The second-order valence-electron chi connectivity index (χ2n) is 8.44. The Morgan fingerprint density at radius 2 is 1.81 bits per heavy atom. The van der Waals surface area contributed by atoms with Gasteiger partial charge in [-0.1, -0.05) is 30.3 Å². The predicted octanol–water partition coefficient (Wildman–Crippen LogP) is 5.13. The first-order valence-electron chi connectivity index (χ1n) is 10.7. The Bertz CT molecular complexity index is 882. The number of anilines is 1. The summed E-state index contributed by atoms with van der Waals surface area (Å²) in [7, 11) is 0. The summed E-state index contributed by atoms with van der Waals surface area (Å²) in [5, 5.41) is 2.95. The van der Waals surface area contributed by atoms with Crippen molar-refractivity contribution in [3.63, 3.8) is 0 Å². The molecule has 0 bridgehead atoms. The van der Waals surface area contributed by atoms with Gasteiger partial charge in [-0.15, -0.1) is 0 Å². The minimum absolute atomic E-state index is 0.0855. The first-order chi connectivity index (χ1) is 14.9. The maximum Gasteiger partial charge on any atom is 0.416 e. The Hall–Kier alpha value is -2.38. The molecule has 2 atom stereocenters. The Morgan fingerprint density at radius 1 is 1.06 bits per heavy atom. The van der Waals surface area contributed by atoms with Crippen molar-refractivity contribution in [2.24, 2.45) is 11.8 Å². The zero-order chi connectivity index (χ0) is 21.8. The number of amides is 1. The van der Waals surface area contributed by atoms with E-state index in [9.17, 15) is 18.0 Å². The molecule has 7 heteroatoms. The van der Waals surface area contributed by atoms with E-state index in [0.29, 0.717) is 37.7 Å². The molecule has 0 aromatic heterocycles. The van der Waals surface area contributed by atoms with Crippen molar-refractivity contribution in [3.8, 4) is 0 Å². The largest absolute Gasteiger partial charge is 0.416 e. The number of hydrogen-bond donors (Lipinski definition) is 1. The molecule has 4 nitrogen and oxygen atoms in total. The molecule has 2 fully saturated rings. The van der Waals surface area contributed by atoms with Crippen LogP contribution in [-0.4, -0.2) is 37.1 Å².